The van der Waals surface area contributed by atoms with Gasteiger partial charge >= 0.3 is 5.97 Å². The number of amides is 1. The number of carbonyl (C=O) groups is 2. The summed E-state index contributed by atoms with van der Waals surface area (Å²) in [4.78, 5) is 25.4. The fourth-order valence-corrected chi connectivity index (χ4v) is 2.93. The first kappa shape index (κ1) is 14.6. The van der Waals surface area contributed by atoms with Crippen LogP contribution < -0.4 is 0 Å². The van der Waals surface area contributed by atoms with E-state index < -0.39 is 17.3 Å². The molecular weight excluding hydrogens is 254 g/mol. The van der Waals surface area contributed by atoms with Gasteiger partial charge in [0.15, 0.2) is 0 Å². The third-order valence-corrected chi connectivity index (χ3v) is 4.18. The molecule has 4 heteroatoms. The molecule has 1 atom stereocenters. The van der Waals surface area contributed by atoms with E-state index in [0.29, 0.717) is 19.5 Å². The van der Waals surface area contributed by atoms with Gasteiger partial charge in [-0.25, -0.2) is 0 Å². The molecule has 1 aromatic carbocycles. The molecule has 1 fully saturated rings. The average Bonchev–Trinajstić information content (AvgIpc) is 2.87. The molecule has 0 aromatic heterocycles. The SMILES string of the molecule is Cc1ccccc1C(C)(C)C(=O)N1CCC(C(=O)O)C1. The van der Waals surface area contributed by atoms with E-state index in [1.165, 1.54) is 0 Å². The number of nitrogens with zero attached hydrogens (tertiary/aromatic N) is 1. The summed E-state index contributed by atoms with van der Waals surface area (Å²) in [7, 11) is 0. The number of carboxylic acid groups (broad SMARTS) is 1. The van der Waals surface area contributed by atoms with Gasteiger partial charge in [0.2, 0.25) is 5.91 Å². The molecule has 0 spiro atoms. The van der Waals surface area contributed by atoms with Gasteiger partial charge in [0.1, 0.15) is 0 Å². The lowest BCUT2D eigenvalue weighted by Gasteiger charge is -2.30. The Bertz CT molecular complexity index is 536. The summed E-state index contributed by atoms with van der Waals surface area (Å²) in [5.41, 5.74) is 1.46. The predicted octanol–water partition coefficient (Wildman–Crippen LogP) is 2.21. The number of aryl methyl sites for hydroxylation is 1. The third-order valence-electron chi connectivity index (χ3n) is 4.18. The Hall–Kier alpha value is -1.84. The number of carboxylic acids is 1. The summed E-state index contributed by atoms with van der Waals surface area (Å²) >= 11 is 0. The van der Waals surface area contributed by atoms with E-state index in [4.69, 9.17) is 5.11 Å². The Morgan fingerprint density at radius 1 is 1.30 bits per heavy atom. The Balaban J connectivity index is 2.20. The van der Waals surface area contributed by atoms with Crippen LogP contribution in [0.1, 0.15) is 31.4 Å². The van der Waals surface area contributed by atoms with E-state index in [1.807, 2.05) is 45.0 Å². The zero-order valence-corrected chi connectivity index (χ0v) is 12.2. The van der Waals surface area contributed by atoms with Crippen LogP contribution in [-0.2, 0) is 15.0 Å². The van der Waals surface area contributed by atoms with Crippen LogP contribution in [0.3, 0.4) is 0 Å². The number of benzene rings is 1. The molecule has 1 amide bonds. The van der Waals surface area contributed by atoms with E-state index >= 15 is 0 Å². The Morgan fingerprint density at radius 2 is 1.95 bits per heavy atom. The van der Waals surface area contributed by atoms with Crippen LogP contribution in [0.4, 0.5) is 0 Å². The highest BCUT2D eigenvalue weighted by Crippen LogP contribution is 2.30. The van der Waals surface area contributed by atoms with Crippen LogP contribution >= 0.6 is 0 Å². The van der Waals surface area contributed by atoms with Crippen molar-refractivity contribution in [3.8, 4) is 0 Å². The lowest BCUT2D eigenvalue weighted by molar-refractivity contribution is -0.141. The number of rotatable bonds is 3. The molecule has 0 aliphatic carbocycles. The molecule has 1 saturated heterocycles. The molecule has 108 valence electrons. The minimum Gasteiger partial charge on any atom is -0.481 e. The highest BCUT2D eigenvalue weighted by molar-refractivity contribution is 5.88. The number of hydrogen-bond acceptors (Lipinski definition) is 2. The van der Waals surface area contributed by atoms with Crippen molar-refractivity contribution in [3.63, 3.8) is 0 Å². The summed E-state index contributed by atoms with van der Waals surface area (Å²) in [6, 6.07) is 7.85. The van der Waals surface area contributed by atoms with Crippen molar-refractivity contribution >= 4 is 11.9 Å². The van der Waals surface area contributed by atoms with Gasteiger partial charge in [-0.2, -0.15) is 0 Å². The quantitative estimate of drug-likeness (QED) is 0.920. The second kappa shape index (κ2) is 5.27. The predicted molar refractivity (Wildman–Crippen MR) is 76.5 cm³/mol. The van der Waals surface area contributed by atoms with Crippen LogP contribution in [0.15, 0.2) is 24.3 Å². The minimum atomic E-state index is -0.811. The smallest absolute Gasteiger partial charge is 0.308 e. The highest BCUT2D eigenvalue weighted by Gasteiger charge is 2.39. The molecule has 1 unspecified atom stereocenters. The number of aliphatic carboxylic acids is 1. The maximum absolute atomic E-state index is 12.7. The fraction of sp³-hybridized carbons (Fsp3) is 0.500. The summed E-state index contributed by atoms with van der Waals surface area (Å²) < 4.78 is 0. The number of hydrogen-bond donors (Lipinski definition) is 1. The molecular formula is C16H21NO3. The van der Waals surface area contributed by atoms with Crippen molar-refractivity contribution in [3.05, 3.63) is 35.4 Å². The van der Waals surface area contributed by atoms with Gasteiger partial charge < -0.3 is 10.0 Å². The monoisotopic (exact) mass is 275 g/mol. The first-order valence-electron chi connectivity index (χ1n) is 6.92. The fourth-order valence-electron chi connectivity index (χ4n) is 2.93. The summed E-state index contributed by atoms with van der Waals surface area (Å²) in [6.45, 7) is 6.67. The van der Waals surface area contributed by atoms with Crippen molar-refractivity contribution in [2.75, 3.05) is 13.1 Å². The van der Waals surface area contributed by atoms with E-state index in [0.717, 1.165) is 11.1 Å². The van der Waals surface area contributed by atoms with E-state index in [-0.39, 0.29) is 5.91 Å². The standard InChI is InChI=1S/C16H21NO3/c1-11-6-4-5-7-13(11)16(2,3)15(20)17-9-8-12(10-17)14(18)19/h4-7,12H,8-10H2,1-3H3,(H,18,19). The maximum Gasteiger partial charge on any atom is 0.308 e. The van der Waals surface area contributed by atoms with Crippen molar-refractivity contribution in [1.82, 2.24) is 4.90 Å². The third kappa shape index (κ3) is 2.55. The molecule has 4 nitrogen and oxygen atoms in total. The first-order valence-corrected chi connectivity index (χ1v) is 6.92. The van der Waals surface area contributed by atoms with Crippen LogP contribution in [-0.4, -0.2) is 35.0 Å². The Morgan fingerprint density at radius 3 is 2.50 bits per heavy atom. The lowest BCUT2D eigenvalue weighted by atomic mass is 9.81. The van der Waals surface area contributed by atoms with Gasteiger partial charge in [-0.1, -0.05) is 24.3 Å². The molecule has 1 N–H and O–H groups in total. The highest BCUT2D eigenvalue weighted by atomic mass is 16.4. The topological polar surface area (TPSA) is 57.6 Å². The molecule has 2 rings (SSSR count). The van der Waals surface area contributed by atoms with Crippen LogP contribution in [0.25, 0.3) is 0 Å². The largest absolute Gasteiger partial charge is 0.481 e. The minimum absolute atomic E-state index is 0.00977. The van der Waals surface area contributed by atoms with Gasteiger partial charge in [0.25, 0.3) is 0 Å². The van der Waals surface area contributed by atoms with Crippen LogP contribution in [0, 0.1) is 12.8 Å². The zero-order valence-electron chi connectivity index (χ0n) is 12.2. The summed E-state index contributed by atoms with van der Waals surface area (Å²) in [6.07, 6.45) is 0.547. The first-order chi connectivity index (χ1) is 9.34. The number of likely N-dealkylation sites (tertiary alicyclic amines) is 1. The molecule has 0 radical (unpaired) electrons. The second-order valence-electron chi connectivity index (χ2n) is 6.01. The summed E-state index contributed by atoms with van der Waals surface area (Å²) in [5, 5.41) is 9.04. The summed E-state index contributed by atoms with van der Waals surface area (Å²) in [5.74, 6) is -1.23. The van der Waals surface area contributed by atoms with Crippen LogP contribution in [0.5, 0.6) is 0 Å². The van der Waals surface area contributed by atoms with Crippen molar-refractivity contribution in [2.45, 2.75) is 32.6 Å². The van der Waals surface area contributed by atoms with E-state index in [1.54, 1.807) is 4.90 Å². The molecule has 1 aliphatic heterocycles. The number of carbonyl (C=O) groups excluding carboxylic acids is 1. The molecule has 1 heterocycles. The van der Waals surface area contributed by atoms with E-state index in [2.05, 4.69) is 0 Å². The maximum atomic E-state index is 12.7. The van der Waals surface area contributed by atoms with Crippen molar-refractivity contribution in [1.29, 1.82) is 0 Å². The van der Waals surface area contributed by atoms with Crippen LogP contribution in [0.2, 0.25) is 0 Å². The van der Waals surface area contributed by atoms with Gasteiger partial charge in [-0.15, -0.1) is 0 Å². The molecule has 20 heavy (non-hydrogen) atoms. The zero-order chi connectivity index (χ0) is 14.9. The van der Waals surface area contributed by atoms with Crippen molar-refractivity contribution in [2.24, 2.45) is 5.92 Å². The average molecular weight is 275 g/mol. The molecule has 1 aromatic rings. The normalized spacial score (nSPS) is 19.1. The van der Waals surface area contributed by atoms with Gasteiger partial charge in [0.05, 0.1) is 11.3 Å². The Labute approximate surface area is 119 Å². The van der Waals surface area contributed by atoms with Gasteiger partial charge in [0, 0.05) is 13.1 Å². The van der Waals surface area contributed by atoms with Gasteiger partial charge in [-0.3, -0.25) is 9.59 Å². The van der Waals surface area contributed by atoms with Crippen molar-refractivity contribution < 1.29 is 14.7 Å². The lowest BCUT2D eigenvalue weighted by Crippen LogP contribution is -2.43. The van der Waals surface area contributed by atoms with Gasteiger partial charge in [-0.05, 0) is 38.3 Å². The second-order valence-corrected chi connectivity index (χ2v) is 6.01. The molecule has 1 aliphatic rings. The Kier molecular flexibility index (Phi) is 3.84. The molecule has 0 saturated carbocycles. The van der Waals surface area contributed by atoms with E-state index in [9.17, 15) is 9.59 Å². The molecule has 0 bridgehead atoms.